The topological polar surface area (TPSA) is 50.8 Å². The van der Waals surface area contributed by atoms with Crippen LogP contribution in [0.5, 0.6) is 11.5 Å². The Morgan fingerprint density at radius 3 is 2.45 bits per heavy atom. The van der Waals surface area contributed by atoms with Crippen LogP contribution < -0.4 is 14.8 Å². The first-order chi connectivity index (χ1) is 14.1. The monoisotopic (exact) mass is 408 g/mol. The molecule has 1 atom stereocenters. The summed E-state index contributed by atoms with van der Waals surface area (Å²) in [6, 6.07) is 21.1. The first kappa shape index (κ1) is 19.2. The molecule has 0 unspecified atom stereocenters. The second-order valence-electron chi connectivity index (χ2n) is 6.75. The Bertz CT molecular complexity index is 1040. The second-order valence-corrected chi connectivity index (χ2v) is 7.16. The number of nitrogens with one attached hydrogen (secondary N) is 1. The van der Waals surface area contributed by atoms with Gasteiger partial charge in [-0.2, -0.15) is 0 Å². The van der Waals surface area contributed by atoms with Gasteiger partial charge in [0.1, 0.15) is 6.17 Å². The number of ether oxygens (including phenoxy) is 2. The van der Waals surface area contributed by atoms with Crippen LogP contribution in [-0.4, -0.2) is 25.0 Å². The van der Waals surface area contributed by atoms with Gasteiger partial charge in [-0.05, 0) is 29.8 Å². The number of methoxy groups -OCH3 is 2. The summed E-state index contributed by atoms with van der Waals surface area (Å²) in [4.78, 5) is 15.2. The second kappa shape index (κ2) is 8.05. The van der Waals surface area contributed by atoms with E-state index in [1.54, 1.807) is 25.2 Å². The third kappa shape index (κ3) is 3.61. The number of carbonyl (C=O) groups excluding carboxylic acids is 1. The number of para-hydroxylation sites is 1. The predicted octanol–water partition coefficient (Wildman–Crippen LogP) is 5.12. The Morgan fingerprint density at radius 2 is 1.72 bits per heavy atom. The molecule has 4 rings (SSSR count). The summed E-state index contributed by atoms with van der Waals surface area (Å²) in [5.41, 5.74) is 3.29. The molecule has 1 aliphatic heterocycles. The molecular formula is C23H21ClN2O3. The average molecular weight is 409 g/mol. The minimum atomic E-state index is -0.407. The van der Waals surface area contributed by atoms with Crippen LogP contribution >= 0.6 is 11.6 Å². The van der Waals surface area contributed by atoms with Gasteiger partial charge in [0, 0.05) is 17.8 Å². The van der Waals surface area contributed by atoms with E-state index in [2.05, 4.69) is 5.32 Å². The van der Waals surface area contributed by atoms with Crippen molar-refractivity contribution in [2.75, 3.05) is 19.5 Å². The van der Waals surface area contributed by atoms with Crippen molar-refractivity contribution in [2.45, 2.75) is 12.7 Å². The van der Waals surface area contributed by atoms with Crippen molar-refractivity contribution in [2.24, 2.45) is 0 Å². The molecule has 3 aromatic carbocycles. The van der Waals surface area contributed by atoms with Gasteiger partial charge in [-0.15, -0.1) is 0 Å². The minimum Gasteiger partial charge on any atom is -0.493 e. The molecule has 0 saturated carbocycles. The molecule has 0 radical (unpaired) electrons. The number of fused-ring (bicyclic) bond motifs is 1. The number of hydrogen-bond acceptors (Lipinski definition) is 4. The molecule has 1 heterocycles. The van der Waals surface area contributed by atoms with Crippen molar-refractivity contribution in [3.63, 3.8) is 0 Å². The molecule has 1 amide bonds. The molecule has 1 N–H and O–H groups in total. The maximum atomic E-state index is 13.4. The highest BCUT2D eigenvalue weighted by molar-refractivity contribution is 6.32. The average Bonchev–Trinajstić information content (AvgIpc) is 2.75. The number of amides is 1. The number of halogens is 1. The Kier molecular flexibility index (Phi) is 5.32. The molecule has 1 aliphatic rings. The summed E-state index contributed by atoms with van der Waals surface area (Å²) in [5, 5.41) is 3.91. The lowest BCUT2D eigenvalue weighted by molar-refractivity contribution is 0.0666. The molecule has 5 nitrogen and oxygen atoms in total. The number of carbonyl (C=O) groups is 1. The lowest BCUT2D eigenvalue weighted by Gasteiger charge is -2.38. The van der Waals surface area contributed by atoms with Crippen LogP contribution in [0.1, 0.15) is 27.7 Å². The summed E-state index contributed by atoms with van der Waals surface area (Å²) in [6.45, 7) is 0.456. The third-order valence-corrected chi connectivity index (χ3v) is 5.27. The van der Waals surface area contributed by atoms with Gasteiger partial charge in [0.2, 0.25) is 0 Å². The Morgan fingerprint density at radius 1 is 1.00 bits per heavy atom. The summed E-state index contributed by atoms with van der Waals surface area (Å²) >= 11 is 6.44. The molecule has 0 fully saturated rings. The van der Waals surface area contributed by atoms with Gasteiger partial charge in [-0.25, -0.2) is 0 Å². The Hall–Kier alpha value is -3.18. The fourth-order valence-corrected chi connectivity index (χ4v) is 3.89. The van der Waals surface area contributed by atoms with E-state index < -0.39 is 6.17 Å². The van der Waals surface area contributed by atoms with E-state index in [4.69, 9.17) is 21.1 Å². The van der Waals surface area contributed by atoms with E-state index in [9.17, 15) is 4.79 Å². The van der Waals surface area contributed by atoms with Gasteiger partial charge in [0.05, 0.1) is 24.8 Å². The fraction of sp³-hybridized carbons (Fsp3) is 0.174. The van der Waals surface area contributed by atoms with E-state index in [0.717, 1.165) is 16.8 Å². The smallest absolute Gasteiger partial charge is 0.258 e. The number of anilines is 1. The zero-order valence-corrected chi connectivity index (χ0v) is 16.9. The quantitative estimate of drug-likeness (QED) is 0.636. The highest BCUT2D eigenvalue weighted by atomic mass is 35.5. The first-order valence-electron chi connectivity index (χ1n) is 9.24. The van der Waals surface area contributed by atoms with E-state index >= 15 is 0 Å². The van der Waals surface area contributed by atoms with E-state index in [-0.39, 0.29) is 5.91 Å². The fourth-order valence-electron chi connectivity index (χ4n) is 3.59. The highest BCUT2D eigenvalue weighted by Gasteiger charge is 2.33. The molecule has 0 spiro atoms. The van der Waals surface area contributed by atoms with Gasteiger partial charge in [-0.1, -0.05) is 54.1 Å². The van der Waals surface area contributed by atoms with Crippen molar-refractivity contribution >= 4 is 23.2 Å². The van der Waals surface area contributed by atoms with Crippen molar-refractivity contribution < 1.29 is 14.3 Å². The molecule has 0 aromatic heterocycles. The van der Waals surface area contributed by atoms with Gasteiger partial charge >= 0.3 is 0 Å². The Balaban J connectivity index is 1.80. The molecular weight excluding hydrogens is 388 g/mol. The third-order valence-electron chi connectivity index (χ3n) is 4.99. The zero-order valence-electron chi connectivity index (χ0n) is 16.2. The van der Waals surface area contributed by atoms with Crippen molar-refractivity contribution in [1.29, 1.82) is 0 Å². The van der Waals surface area contributed by atoms with E-state index in [1.165, 1.54) is 0 Å². The van der Waals surface area contributed by atoms with Crippen molar-refractivity contribution in [3.05, 3.63) is 88.4 Å². The van der Waals surface area contributed by atoms with Crippen LogP contribution in [0.3, 0.4) is 0 Å². The van der Waals surface area contributed by atoms with Crippen LogP contribution in [0, 0.1) is 0 Å². The molecule has 148 valence electrons. The van der Waals surface area contributed by atoms with Crippen molar-refractivity contribution in [3.8, 4) is 11.5 Å². The first-order valence-corrected chi connectivity index (χ1v) is 9.62. The number of rotatable bonds is 5. The maximum absolute atomic E-state index is 13.4. The van der Waals surface area contributed by atoms with E-state index in [0.29, 0.717) is 28.6 Å². The van der Waals surface area contributed by atoms with Gasteiger partial charge in [0.15, 0.2) is 11.5 Å². The standard InChI is InChI=1S/C23H21ClN2O3/c1-28-20-13-16(12-18(24)21(20)29-2)22-25-19-11-7-6-10-17(19)23(27)26(22)14-15-8-4-3-5-9-15/h3-13,22,25H,14H2,1-2H3/t22-/m1/s1. The zero-order chi connectivity index (χ0) is 20.4. The van der Waals surface area contributed by atoms with Crippen molar-refractivity contribution in [1.82, 2.24) is 4.90 Å². The molecule has 29 heavy (non-hydrogen) atoms. The SMILES string of the molecule is COc1cc([C@@H]2Nc3ccccc3C(=O)N2Cc2ccccc2)cc(Cl)c1OC. The van der Waals surface area contributed by atoms with Gasteiger partial charge in [-0.3, -0.25) is 4.79 Å². The lowest BCUT2D eigenvalue weighted by Crippen LogP contribution is -2.42. The molecule has 0 aliphatic carbocycles. The number of nitrogens with zero attached hydrogens (tertiary/aromatic N) is 1. The largest absolute Gasteiger partial charge is 0.493 e. The minimum absolute atomic E-state index is 0.0425. The maximum Gasteiger partial charge on any atom is 0.258 e. The van der Waals surface area contributed by atoms with Gasteiger partial charge < -0.3 is 19.7 Å². The molecule has 0 bridgehead atoms. The number of hydrogen-bond donors (Lipinski definition) is 1. The molecule has 6 heteroatoms. The lowest BCUT2D eigenvalue weighted by atomic mass is 10.0. The summed E-state index contributed by atoms with van der Waals surface area (Å²) < 4.78 is 10.8. The van der Waals surface area contributed by atoms with E-state index in [1.807, 2.05) is 60.7 Å². The highest BCUT2D eigenvalue weighted by Crippen LogP contribution is 2.41. The van der Waals surface area contributed by atoms with Crippen LogP contribution in [0.15, 0.2) is 66.7 Å². The van der Waals surface area contributed by atoms with Crippen LogP contribution in [0.25, 0.3) is 0 Å². The predicted molar refractivity (Wildman–Crippen MR) is 114 cm³/mol. The molecule has 0 saturated heterocycles. The van der Waals surface area contributed by atoms with Crippen LogP contribution in [0.4, 0.5) is 5.69 Å². The normalized spacial score (nSPS) is 15.5. The summed E-state index contributed by atoms with van der Waals surface area (Å²) in [7, 11) is 3.11. The summed E-state index contributed by atoms with van der Waals surface area (Å²) in [6.07, 6.45) is -0.407. The Labute approximate surface area is 174 Å². The summed E-state index contributed by atoms with van der Waals surface area (Å²) in [5.74, 6) is 0.942. The molecule has 3 aromatic rings. The number of benzene rings is 3. The van der Waals surface area contributed by atoms with Gasteiger partial charge in [0.25, 0.3) is 5.91 Å². The van der Waals surface area contributed by atoms with Crippen LogP contribution in [-0.2, 0) is 6.54 Å². The van der Waals surface area contributed by atoms with Crippen LogP contribution in [0.2, 0.25) is 5.02 Å².